The summed E-state index contributed by atoms with van der Waals surface area (Å²) in [5.41, 5.74) is 7.77. The van der Waals surface area contributed by atoms with E-state index >= 15 is 0 Å². The molecule has 1 saturated heterocycles. The Bertz CT molecular complexity index is 657. The number of hydrogen-bond acceptors (Lipinski definition) is 4. The standard InChI is InChI=1S/C19H22N4/c20-15-19(21,17-6-10-22-11-7-17)18-8-12-23(13-9-18)14-16-4-2-1-3-5-16/h1-7,10-11,18H,8-9,12-14,21H2. The molecule has 1 aromatic heterocycles. The molecule has 0 radical (unpaired) electrons. The number of nitrogens with zero attached hydrogens (tertiary/aromatic N) is 3. The Balaban J connectivity index is 1.65. The third-order valence-corrected chi connectivity index (χ3v) is 4.82. The number of nitriles is 1. The molecular formula is C19H22N4. The lowest BCUT2D eigenvalue weighted by Gasteiger charge is -2.38. The molecule has 1 aromatic carbocycles. The van der Waals surface area contributed by atoms with Gasteiger partial charge in [0, 0.05) is 18.9 Å². The van der Waals surface area contributed by atoms with Crippen molar-refractivity contribution in [2.45, 2.75) is 24.9 Å². The highest BCUT2D eigenvalue weighted by atomic mass is 15.1. The predicted molar refractivity (Wildman–Crippen MR) is 90.2 cm³/mol. The van der Waals surface area contributed by atoms with Crippen LogP contribution in [0, 0.1) is 17.2 Å². The second kappa shape index (κ2) is 6.91. The fraction of sp³-hybridized carbons (Fsp3) is 0.368. The number of pyridine rings is 1. The van der Waals surface area contributed by atoms with Gasteiger partial charge in [-0.3, -0.25) is 9.88 Å². The second-order valence-corrected chi connectivity index (χ2v) is 6.25. The summed E-state index contributed by atoms with van der Waals surface area (Å²) in [6.45, 7) is 2.92. The van der Waals surface area contributed by atoms with Crippen LogP contribution in [0.1, 0.15) is 24.0 Å². The summed E-state index contributed by atoms with van der Waals surface area (Å²) in [7, 11) is 0. The molecule has 1 aliphatic rings. The average molecular weight is 306 g/mol. The van der Waals surface area contributed by atoms with Gasteiger partial charge in [0.1, 0.15) is 5.54 Å². The molecule has 0 bridgehead atoms. The smallest absolute Gasteiger partial charge is 0.132 e. The van der Waals surface area contributed by atoms with Crippen LogP contribution in [0.2, 0.25) is 0 Å². The minimum absolute atomic E-state index is 0.182. The quantitative estimate of drug-likeness (QED) is 0.943. The number of benzene rings is 1. The molecule has 2 N–H and O–H groups in total. The first kappa shape index (κ1) is 15.7. The van der Waals surface area contributed by atoms with Gasteiger partial charge in [-0.2, -0.15) is 5.26 Å². The summed E-state index contributed by atoms with van der Waals surface area (Å²) in [6, 6.07) is 16.6. The highest BCUT2D eigenvalue weighted by Crippen LogP contribution is 2.34. The first-order valence-corrected chi connectivity index (χ1v) is 8.09. The van der Waals surface area contributed by atoms with Crippen molar-refractivity contribution < 1.29 is 0 Å². The van der Waals surface area contributed by atoms with E-state index in [1.165, 1.54) is 5.56 Å². The van der Waals surface area contributed by atoms with Crippen molar-refractivity contribution >= 4 is 0 Å². The number of aromatic nitrogens is 1. The van der Waals surface area contributed by atoms with E-state index in [2.05, 4.69) is 40.2 Å². The van der Waals surface area contributed by atoms with Gasteiger partial charge in [-0.25, -0.2) is 0 Å². The van der Waals surface area contributed by atoms with E-state index in [0.29, 0.717) is 0 Å². The number of likely N-dealkylation sites (tertiary alicyclic amines) is 1. The maximum Gasteiger partial charge on any atom is 0.132 e. The molecule has 2 heterocycles. The summed E-state index contributed by atoms with van der Waals surface area (Å²) in [4.78, 5) is 6.46. The van der Waals surface area contributed by atoms with Crippen molar-refractivity contribution in [3.8, 4) is 6.07 Å². The van der Waals surface area contributed by atoms with Crippen molar-refractivity contribution in [1.82, 2.24) is 9.88 Å². The van der Waals surface area contributed by atoms with Crippen LogP contribution < -0.4 is 5.73 Å². The van der Waals surface area contributed by atoms with Crippen molar-refractivity contribution in [1.29, 1.82) is 5.26 Å². The minimum Gasteiger partial charge on any atom is -0.309 e. The fourth-order valence-electron chi connectivity index (χ4n) is 3.41. The van der Waals surface area contributed by atoms with Crippen LogP contribution in [-0.2, 0) is 12.1 Å². The lowest BCUT2D eigenvalue weighted by atomic mass is 9.75. The lowest BCUT2D eigenvalue weighted by molar-refractivity contribution is 0.144. The summed E-state index contributed by atoms with van der Waals surface area (Å²) in [6.07, 6.45) is 5.30. The van der Waals surface area contributed by atoms with Gasteiger partial charge >= 0.3 is 0 Å². The maximum absolute atomic E-state index is 9.68. The summed E-state index contributed by atoms with van der Waals surface area (Å²) in [5, 5.41) is 9.68. The maximum atomic E-state index is 9.68. The van der Waals surface area contributed by atoms with Gasteiger partial charge in [-0.15, -0.1) is 0 Å². The lowest BCUT2D eigenvalue weighted by Crippen LogP contribution is -2.48. The Labute approximate surface area is 137 Å². The molecular weight excluding hydrogens is 284 g/mol. The zero-order valence-corrected chi connectivity index (χ0v) is 13.2. The predicted octanol–water partition coefficient (Wildman–Crippen LogP) is 2.67. The Hall–Kier alpha value is -2.22. The van der Waals surface area contributed by atoms with Crippen molar-refractivity contribution in [3.63, 3.8) is 0 Å². The second-order valence-electron chi connectivity index (χ2n) is 6.25. The molecule has 0 spiro atoms. The fourth-order valence-corrected chi connectivity index (χ4v) is 3.41. The van der Waals surface area contributed by atoms with Crippen LogP contribution in [0.15, 0.2) is 54.9 Å². The first-order valence-electron chi connectivity index (χ1n) is 8.09. The van der Waals surface area contributed by atoms with Crippen molar-refractivity contribution in [2.75, 3.05) is 13.1 Å². The van der Waals surface area contributed by atoms with E-state index in [-0.39, 0.29) is 5.92 Å². The highest BCUT2D eigenvalue weighted by molar-refractivity contribution is 5.30. The molecule has 1 unspecified atom stereocenters. The third kappa shape index (κ3) is 3.42. The van der Waals surface area contributed by atoms with Gasteiger partial charge < -0.3 is 5.73 Å². The van der Waals surface area contributed by atoms with Crippen LogP contribution >= 0.6 is 0 Å². The van der Waals surface area contributed by atoms with Gasteiger partial charge in [0.15, 0.2) is 0 Å². The topological polar surface area (TPSA) is 65.9 Å². The van der Waals surface area contributed by atoms with E-state index in [4.69, 9.17) is 5.73 Å². The molecule has 0 saturated carbocycles. The molecule has 2 aromatic rings. The first-order chi connectivity index (χ1) is 11.2. The average Bonchev–Trinajstić information content (AvgIpc) is 2.63. The summed E-state index contributed by atoms with van der Waals surface area (Å²) in [5.74, 6) is 0.182. The van der Waals surface area contributed by atoms with E-state index < -0.39 is 5.54 Å². The number of nitrogens with two attached hydrogens (primary N) is 1. The molecule has 23 heavy (non-hydrogen) atoms. The summed E-state index contributed by atoms with van der Waals surface area (Å²) < 4.78 is 0. The third-order valence-electron chi connectivity index (χ3n) is 4.82. The Kier molecular flexibility index (Phi) is 4.71. The van der Waals surface area contributed by atoms with Crippen LogP contribution in [0.25, 0.3) is 0 Å². The van der Waals surface area contributed by atoms with Gasteiger partial charge in [-0.05, 0) is 55.1 Å². The molecule has 0 amide bonds. The Morgan fingerprint density at radius 2 is 1.78 bits per heavy atom. The molecule has 4 heteroatoms. The van der Waals surface area contributed by atoms with Gasteiger partial charge in [0.2, 0.25) is 0 Å². The number of rotatable bonds is 4. The molecule has 1 aliphatic heterocycles. The van der Waals surface area contributed by atoms with Gasteiger partial charge in [0.25, 0.3) is 0 Å². The Morgan fingerprint density at radius 1 is 1.13 bits per heavy atom. The van der Waals surface area contributed by atoms with Crippen LogP contribution in [0.4, 0.5) is 0 Å². The summed E-state index contributed by atoms with van der Waals surface area (Å²) >= 11 is 0. The van der Waals surface area contributed by atoms with E-state index in [9.17, 15) is 5.26 Å². The molecule has 1 fully saturated rings. The van der Waals surface area contributed by atoms with Gasteiger partial charge in [0.05, 0.1) is 6.07 Å². The zero-order chi connectivity index (χ0) is 16.1. The van der Waals surface area contributed by atoms with Crippen molar-refractivity contribution in [3.05, 3.63) is 66.0 Å². The van der Waals surface area contributed by atoms with E-state index in [1.54, 1.807) is 12.4 Å². The monoisotopic (exact) mass is 306 g/mol. The zero-order valence-electron chi connectivity index (χ0n) is 13.2. The highest BCUT2D eigenvalue weighted by Gasteiger charge is 2.38. The molecule has 1 atom stereocenters. The molecule has 3 rings (SSSR count). The molecule has 118 valence electrons. The molecule has 0 aliphatic carbocycles. The Morgan fingerprint density at radius 3 is 2.39 bits per heavy atom. The SMILES string of the molecule is N#CC(N)(c1ccncc1)C1CCN(Cc2ccccc2)CC1. The van der Waals surface area contributed by atoms with E-state index in [1.807, 2.05) is 18.2 Å². The largest absolute Gasteiger partial charge is 0.309 e. The molecule has 4 nitrogen and oxygen atoms in total. The number of piperidine rings is 1. The normalized spacial score (nSPS) is 19.0. The van der Waals surface area contributed by atoms with Crippen molar-refractivity contribution in [2.24, 2.45) is 11.7 Å². The van der Waals surface area contributed by atoms with E-state index in [0.717, 1.165) is 38.0 Å². The van der Waals surface area contributed by atoms with Crippen LogP contribution in [-0.4, -0.2) is 23.0 Å². The minimum atomic E-state index is -0.915. The van der Waals surface area contributed by atoms with Crippen LogP contribution in [0.3, 0.4) is 0 Å². The van der Waals surface area contributed by atoms with Crippen LogP contribution in [0.5, 0.6) is 0 Å². The van der Waals surface area contributed by atoms with Gasteiger partial charge in [-0.1, -0.05) is 30.3 Å². The number of hydrogen-bond donors (Lipinski definition) is 1.